The van der Waals surface area contributed by atoms with Crippen LogP contribution < -0.4 is 14.8 Å². The largest absolute Gasteiger partial charge is 0.495 e. The van der Waals surface area contributed by atoms with Gasteiger partial charge in [-0.1, -0.05) is 23.7 Å². The Morgan fingerprint density at radius 3 is 2.78 bits per heavy atom. The highest BCUT2D eigenvalue weighted by atomic mass is 35.5. The van der Waals surface area contributed by atoms with E-state index in [1.54, 1.807) is 12.1 Å². The number of nitrogens with one attached hydrogen (secondary N) is 1. The average Bonchev–Trinajstić information content (AvgIpc) is 3.27. The molecular formula is C19H24ClN3O4. The number of nitrogens with zero attached hydrogens (tertiary/aromatic N) is 2. The highest BCUT2D eigenvalue weighted by molar-refractivity contribution is 6.32. The van der Waals surface area contributed by atoms with Crippen LogP contribution in [-0.2, 0) is 6.42 Å². The molecule has 1 N–H and O–H groups in total. The van der Waals surface area contributed by atoms with Gasteiger partial charge in [-0.25, -0.2) is 4.79 Å². The van der Waals surface area contributed by atoms with Crippen LogP contribution in [0.1, 0.15) is 42.8 Å². The van der Waals surface area contributed by atoms with Gasteiger partial charge in [-0.15, -0.1) is 0 Å². The predicted octanol–water partition coefficient (Wildman–Crippen LogP) is 4.59. The van der Waals surface area contributed by atoms with E-state index in [1.165, 1.54) is 14.2 Å². The van der Waals surface area contributed by atoms with Gasteiger partial charge >= 0.3 is 6.03 Å². The Kier molecular flexibility index (Phi) is 5.79. The van der Waals surface area contributed by atoms with Crippen LogP contribution in [0.4, 0.5) is 10.5 Å². The van der Waals surface area contributed by atoms with Crippen LogP contribution in [-0.4, -0.2) is 36.9 Å². The number of carbonyl (C=O) groups excluding carboxylic acids is 1. The number of methoxy groups -OCH3 is 2. The maximum atomic E-state index is 13.0. The number of rotatable bonds is 5. The summed E-state index contributed by atoms with van der Waals surface area (Å²) in [6, 6.07) is 3.02. The second kappa shape index (κ2) is 8.08. The van der Waals surface area contributed by atoms with Gasteiger partial charge in [0.05, 0.1) is 36.7 Å². The predicted molar refractivity (Wildman–Crippen MR) is 103 cm³/mol. The molecule has 146 valence electrons. The van der Waals surface area contributed by atoms with E-state index in [-0.39, 0.29) is 12.1 Å². The van der Waals surface area contributed by atoms with Crippen molar-refractivity contribution in [2.45, 2.75) is 39.2 Å². The highest BCUT2D eigenvalue weighted by Crippen LogP contribution is 2.39. The summed E-state index contributed by atoms with van der Waals surface area (Å²) in [6.45, 7) is 4.60. The smallest absolute Gasteiger partial charge is 0.322 e. The number of aryl methyl sites for hydroxylation is 2. The first kappa shape index (κ1) is 19.4. The number of hydrogen-bond acceptors (Lipinski definition) is 5. The van der Waals surface area contributed by atoms with Gasteiger partial charge in [-0.05, 0) is 25.8 Å². The molecule has 2 aromatic rings. The number of anilines is 1. The van der Waals surface area contributed by atoms with Crippen LogP contribution >= 0.6 is 11.6 Å². The number of benzene rings is 1. The summed E-state index contributed by atoms with van der Waals surface area (Å²) in [4.78, 5) is 14.8. The molecule has 2 amide bonds. The normalized spacial score (nSPS) is 16.5. The molecule has 3 rings (SSSR count). The summed E-state index contributed by atoms with van der Waals surface area (Å²) < 4.78 is 16.0. The Morgan fingerprint density at radius 1 is 1.37 bits per heavy atom. The third-order valence-corrected chi connectivity index (χ3v) is 5.16. The number of hydrogen-bond donors (Lipinski definition) is 1. The molecule has 1 saturated heterocycles. The zero-order valence-electron chi connectivity index (χ0n) is 16.0. The van der Waals surface area contributed by atoms with Gasteiger partial charge < -0.3 is 24.2 Å². The second-order valence-electron chi connectivity index (χ2n) is 6.43. The number of amides is 2. The van der Waals surface area contributed by atoms with Gasteiger partial charge in [0.2, 0.25) is 0 Å². The van der Waals surface area contributed by atoms with Gasteiger partial charge in [-0.2, -0.15) is 0 Å². The number of likely N-dealkylation sites (tertiary alicyclic amines) is 1. The van der Waals surface area contributed by atoms with Crippen molar-refractivity contribution < 1.29 is 18.8 Å². The number of carbonyl (C=O) groups is 1. The van der Waals surface area contributed by atoms with Crippen LogP contribution in [0.3, 0.4) is 0 Å². The van der Waals surface area contributed by atoms with E-state index in [1.807, 2.05) is 18.7 Å². The lowest BCUT2D eigenvalue weighted by Crippen LogP contribution is -2.35. The van der Waals surface area contributed by atoms with Crippen LogP contribution in [0.15, 0.2) is 16.7 Å². The van der Waals surface area contributed by atoms with Crippen LogP contribution in [0.2, 0.25) is 5.02 Å². The lowest BCUT2D eigenvalue weighted by atomic mass is 10.0. The van der Waals surface area contributed by atoms with Gasteiger partial charge in [0.15, 0.2) is 0 Å². The standard InChI is InChI=1S/C19H24ClN3O4/c1-5-15-18(11(2)22-27-15)14-7-6-8-23(14)19(24)21-13-9-12(20)16(25-3)10-17(13)26-4/h9-10,14H,5-8H2,1-4H3,(H,21,24)/t14-/m1/s1. The first-order valence-corrected chi connectivity index (χ1v) is 9.32. The number of aromatic nitrogens is 1. The Balaban J connectivity index is 1.85. The molecule has 0 unspecified atom stereocenters. The molecule has 0 spiro atoms. The quantitative estimate of drug-likeness (QED) is 0.804. The van der Waals surface area contributed by atoms with Crippen molar-refractivity contribution in [2.75, 3.05) is 26.1 Å². The molecule has 0 aliphatic carbocycles. The molecule has 0 bridgehead atoms. The Hall–Kier alpha value is -2.41. The highest BCUT2D eigenvalue weighted by Gasteiger charge is 2.34. The van der Waals surface area contributed by atoms with E-state index in [0.29, 0.717) is 28.8 Å². The molecule has 1 aromatic heterocycles. The topological polar surface area (TPSA) is 76.8 Å². The van der Waals surface area contributed by atoms with Gasteiger partial charge in [0.25, 0.3) is 0 Å². The lowest BCUT2D eigenvalue weighted by molar-refractivity contribution is 0.206. The Bertz CT molecular complexity index is 837. The molecule has 8 heteroatoms. The van der Waals surface area contributed by atoms with E-state index in [2.05, 4.69) is 10.5 Å². The average molecular weight is 394 g/mol. The van der Waals surface area contributed by atoms with E-state index < -0.39 is 0 Å². The van der Waals surface area contributed by atoms with E-state index >= 15 is 0 Å². The zero-order chi connectivity index (χ0) is 19.6. The second-order valence-corrected chi connectivity index (χ2v) is 6.83. The van der Waals surface area contributed by atoms with Crippen molar-refractivity contribution in [2.24, 2.45) is 0 Å². The van der Waals surface area contributed by atoms with Crippen molar-refractivity contribution in [1.82, 2.24) is 10.1 Å². The summed E-state index contributed by atoms with van der Waals surface area (Å²) in [6.07, 6.45) is 2.54. The molecule has 7 nitrogen and oxygen atoms in total. The van der Waals surface area contributed by atoms with E-state index in [0.717, 1.165) is 36.3 Å². The molecule has 1 aromatic carbocycles. The third-order valence-electron chi connectivity index (χ3n) is 4.87. The minimum absolute atomic E-state index is 0.0501. The van der Waals surface area contributed by atoms with Crippen molar-refractivity contribution in [3.63, 3.8) is 0 Å². The Morgan fingerprint density at radius 2 is 2.11 bits per heavy atom. The molecule has 0 radical (unpaired) electrons. The zero-order valence-corrected chi connectivity index (χ0v) is 16.7. The maximum absolute atomic E-state index is 13.0. The minimum Gasteiger partial charge on any atom is -0.495 e. The molecule has 1 aliphatic rings. The number of urea groups is 1. The molecule has 0 saturated carbocycles. The summed E-state index contributed by atoms with van der Waals surface area (Å²) in [7, 11) is 3.06. The van der Waals surface area contributed by atoms with Crippen molar-refractivity contribution in [1.29, 1.82) is 0 Å². The van der Waals surface area contributed by atoms with Crippen molar-refractivity contribution in [3.05, 3.63) is 34.2 Å². The van der Waals surface area contributed by atoms with Crippen molar-refractivity contribution in [3.8, 4) is 11.5 Å². The van der Waals surface area contributed by atoms with Gasteiger partial charge in [0, 0.05) is 24.6 Å². The first-order chi connectivity index (χ1) is 13.0. The molecule has 1 atom stereocenters. The summed E-state index contributed by atoms with van der Waals surface area (Å²) in [5.74, 6) is 1.80. The summed E-state index contributed by atoms with van der Waals surface area (Å²) in [5.41, 5.74) is 2.35. The summed E-state index contributed by atoms with van der Waals surface area (Å²) in [5, 5.41) is 7.40. The lowest BCUT2D eigenvalue weighted by Gasteiger charge is -2.25. The molecule has 1 aliphatic heterocycles. The van der Waals surface area contributed by atoms with E-state index in [4.69, 9.17) is 25.6 Å². The van der Waals surface area contributed by atoms with E-state index in [9.17, 15) is 4.79 Å². The van der Waals surface area contributed by atoms with Gasteiger partial charge in [0.1, 0.15) is 17.3 Å². The van der Waals surface area contributed by atoms with Crippen LogP contribution in [0.5, 0.6) is 11.5 Å². The first-order valence-electron chi connectivity index (χ1n) is 8.94. The minimum atomic E-state index is -0.209. The molecule has 1 fully saturated rings. The molecular weight excluding hydrogens is 370 g/mol. The van der Waals surface area contributed by atoms with Crippen LogP contribution in [0, 0.1) is 6.92 Å². The van der Waals surface area contributed by atoms with Crippen LogP contribution in [0.25, 0.3) is 0 Å². The maximum Gasteiger partial charge on any atom is 0.322 e. The monoisotopic (exact) mass is 393 g/mol. The fraction of sp³-hybridized carbons (Fsp3) is 0.474. The fourth-order valence-corrected chi connectivity index (χ4v) is 3.80. The Labute approximate surface area is 163 Å². The number of halogens is 1. The summed E-state index contributed by atoms with van der Waals surface area (Å²) >= 11 is 6.21. The fourth-order valence-electron chi connectivity index (χ4n) is 3.56. The SMILES string of the molecule is CCc1onc(C)c1[C@H]1CCCN1C(=O)Nc1cc(Cl)c(OC)cc1OC. The molecule has 27 heavy (non-hydrogen) atoms. The van der Waals surface area contributed by atoms with Crippen molar-refractivity contribution >= 4 is 23.3 Å². The molecule has 2 heterocycles. The third kappa shape index (κ3) is 3.69. The number of ether oxygens (including phenoxy) is 2. The van der Waals surface area contributed by atoms with Gasteiger partial charge in [-0.3, -0.25) is 0 Å².